The smallest absolute Gasteiger partial charge is 0.0477 e. The lowest BCUT2D eigenvalue weighted by Gasteiger charge is -2.31. The first-order valence-corrected chi connectivity index (χ1v) is 6.60. The fraction of sp³-hybridized carbons (Fsp3) is 1.00. The second kappa shape index (κ2) is 8.12. The van der Waals surface area contributed by atoms with Gasteiger partial charge in [-0.25, -0.2) is 0 Å². The van der Waals surface area contributed by atoms with Gasteiger partial charge in [0, 0.05) is 19.8 Å². The van der Waals surface area contributed by atoms with Gasteiger partial charge in [0.2, 0.25) is 0 Å². The zero-order valence-electron chi connectivity index (χ0n) is 10.4. The van der Waals surface area contributed by atoms with Crippen molar-refractivity contribution in [3.05, 3.63) is 0 Å². The van der Waals surface area contributed by atoms with E-state index in [2.05, 4.69) is 12.2 Å². The Morgan fingerprint density at radius 3 is 2.60 bits per heavy atom. The summed E-state index contributed by atoms with van der Waals surface area (Å²) >= 11 is 0. The Bertz CT molecular complexity index is 135. The normalized spacial score (nSPS) is 20.4. The van der Waals surface area contributed by atoms with Crippen molar-refractivity contribution >= 4 is 0 Å². The summed E-state index contributed by atoms with van der Waals surface area (Å²) in [6.45, 7) is 4.30. The number of methoxy groups -OCH3 is 1. The molecule has 1 N–H and O–H groups in total. The maximum atomic E-state index is 5.20. The van der Waals surface area contributed by atoms with Crippen LogP contribution >= 0.6 is 0 Å². The van der Waals surface area contributed by atoms with Crippen LogP contribution in [-0.2, 0) is 4.74 Å². The Hall–Kier alpha value is -0.0800. The standard InChI is InChI=1S/C13H27NO/c1-3-10-14-13(9-11-15-2)12-7-5-4-6-8-12/h12-14H,3-11H2,1-2H3. The van der Waals surface area contributed by atoms with Gasteiger partial charge in [0.1, 0.15) is 0 Å². The summed E-state index contributed by atoms with van der Waals surface area (Å²) in [4.78, 5) is 0. The van der Waals surface area contributed by atoms with Crippen molar-refractivity contribution in [2.24, 2.45) is 5.92 Å². The second-order valence-corrected chi connectivity index (χ2v) is 4.74. The van der Waals surface area contributed by atoms with E-state index in [4.69, 9.17) is 4.74 Å². The second-order valence-electron chi connectivity index (χ2n) is 4.74. The van der Waals surface area contributed by atoms with Crippen LogP contribution in [0.3, 0.4) is 0 Å². The molecule has 0 radical (unpaired) electrons. The Kier molecular flexibility index (Phi) is 7.03. The molecule has 2 nitrogen and oxygen atoms in total. The number of nitrogens with one attached hydrogen (secondary N) is 1. The molecule has 0 aromatic carbocycles. The summed E-state index contributed by atoms with van der Waals surface area (Å²) in [6, 6.07) is 0.699. The van der Waals surface area contributed by atoms with E-state index in [1.165, 1.54) is 44.9 Å². The molecule has 2 heteroatoms. The summed E-state index contributed by atoms with van der Waals surface area (Å²) in [5.74, 6) is 0.903. The van der Waals surface area contributed by atoms with E-state index in [9.17, 15) is 0 Å². The molecule has 1 aliphatic rings. The fourth-order valence-corrected chi connectivity index (χ4v) is 2.62. The maximum absolute atomic E-state index is 5.20. The maximum Gasteiger partial charge on any atom is 0.0477 e. The Morgan fingerprint density at radius 2 is 2.00 bits per heavy atom. The number of rotatable bonds is 7. The molecule has 0 heterocycles. The van der Waals surface area contributed by atoms with Gasteiger partial charge in [-0.05, 0) is 38.1 Å². The average molecular weight is 213 g/mol. The van der Waals surface area contributed by atoms with E-state index >= 15 is 0 Å². The summed E-state index contributed by atoms with van der Waals surface area (Å²) in [6.07, 6.45) is 9.57. The first kappa shape index (κ1) is 13.0. The zero-order chi connectivity index (χ0) is 10.9. The predicted octanol–water partition coefficient (Wildman–Crippen LogP) is 2.97. The first-order chi connectivity index (χ1) is 7.38. The van der Waals surface area contributed by atoms with Gasteiger partial charge in [0.25, 0.3) is 0 Å². The van der Waals surface area contributed by atoms with Crippen molar-refractivity contribution in [2.75, 3.05) is 20.3 Å². The summed E-state index contributed by atoms with van der Waals surface area (Å²) < 4.78 is 5.20. The average Bonchev–Trinajstić information content (AvgIpc) is 2.30. The van der Waals surface area contributed by atoms with Crippen molar-refractivity contribution in [1.29, 1.82) is 0 Å². The van der Waals surface area contributed by atoms with Crippen LogP contribution in [0.15, 0.2) is 0 Å². The molecule has 0 aromatic rings. The van der Waals surface area contributed by atoms with Crippen molar-refractivity contribution in [1.82, 2.24) is 5.32 Å². The summed E-state index contributed by atoms with van der Waals surface area (Å²) in [5, 5.41) is 3.69. The van der Waals surface area contributed by atoms with Crippen LogP contribution in [-0.4, -0.2) is 26.3 Å². The minimum Gasteiger partial charge on any atom is -0.385 e. The van der Waals surface area contributed by atoms with Gasteiger partial charge in [-0.2, -0.15) is 0 Å². The van der Waals surface area contributed by atoms with Crippen molar-refractivity contribution < 1.29 is 4.74 Å². The predicted molar refractivity (Wildman–Crippen MR) is 65.1 cm³/mol. The molecular formula is C13H27NO. The Balaban J connectivity index is 2.30. The molecule has 1 unspecified atom stereocenters. The van der Waals surface area contributed by atoms with Crippen LogP contribution in [0.1, 0.15) is 51.9 Å². The monoisotopic (exact) mass is 213 g/mol. The molecule has 0 spiro atoms. The van der Waals surface area contributed by atoms with E-state index in [0.29, 0.717) is 6.04 Å². The molecular weight excluding hydrogens is 186 g/mol. The molecule has 1 fully saturated rings. The number of ether oxygens (including phenoxy) is 1. The highest BCUT2D eigenvalue weighted by Crippen LogP contribution is 2.27. The van der Waals surface area contributed by atoms with E-state index < -0.39 is 0 Å². The van der Waals surface area contributed by atoms with E-state index in [-0.39, 0.29) is 0 Å². The van der Waals surface area contributed by atoms with Crippen LogP contribution in [0, 0.1) is 5.92 Å². The Morgan fingerprint density at radius 1 is 1.27 bits per heavy atom. The molecule has 1 saturated carbocycles. The van der Waals surface area contributed by atoms with Crippen LogP contribution in [0.4, 0.5) is 0 Å². The minimum atomic E-state index is 0.699. The number of hydrogen-bond acceptors (Lipinski definition) is 2. The highest BCUT2D eigenvalue weighted by Gasteiger charge is 2.22. The van der Waals surface area contributed by atoms with Gasteiger partial charge < -0.3 is 10.1 Å². The van der Waals surface area contributed by atoms with Gasteiger partial charge in [-0.3, -0.25) is 0 Å². The molecule has 1 rings (SSSR count). The third-order valence-electron chi connectivity index (χ3n) is 3.51. The van der Waals surface area contributed by atoms with Crippen LogP contribution < -0.4 is 5.32 Å². The molecule has 1 atom stereocenters. The molecule has 90 valence electrons. The molecule has 0 aliphatic heterocycles. The molecule has 0 saturated heterocycles. The highest BCUT2D eigenvalue weighted by molar-refractivity contribution is 4.79. The van der Waals surface area contributed by atoms with Gasteiger partial charge in [0.15, 0.2) is 0 Å². The lowest BCUT2D eigenvalue weighted by atomic mass is 9.82. The third kappa shape index (κ3) is 4.98. The first-order valence-electron chi connectivity index (χ1n) is 6.60. The van der Waals surface area contributed by atoms with Crippen molar-refractivity contribution in [3.63, 3.8) is 0 Å². The summed E-state index contributed by atoms with van der Waals surface area (Å²) in [5.41, 5.74) is 0. The van der Waals surface area contributed by atoms with Crippen LogP contribution in [0.5, 0.6) is 0 Å². The van der Waals surface area contributed by atoms with E-state index in [1.54, 1.807) is 7.11 Å². The molecule has 0 bridgehead atoms. The Labute approximate surface area is 94.8 Å². The van der Waals surface area contributed by atoms with Crippen molar-refractivity contribution in [3.8, 4) is 0 Å². The van der Waals surface area contributed by atoms with Gasteiger partial charge in [-0.15, -0.1) is 0 Å². The number of hydrogen-bond donors (Lipinski definition) is 1. The lowest BCUT2D eigenvalue weighted by Crippen LogP contribution is -2.38. The summed E-state index contributed by atoms with van der Waals surface area (Å²) in [7, 11) is 1.80. The highest BCUT2D eigenvalue weighted by atomic mass is 16.5. The van der Waals surface area contributed by atoms with Crippen LogP contribution in [0.25, 0.3) is 0 Å². The quantitative estimate of drug-likeness (QED) is 0.702. The largest absolute Gasteiger partial charge is 0.385 e. The lowest BCUT2D eigenvalue weighted by molar-refractivity contribution is 0.159. The molecule has 0 aromatic heterocycles. The van der Waals surface area contributed by atoms with Crippen molar-refractivity contribution in [2.45, 2.75) is 57.9 Å². The van der Waals surface area contributed by atoms with E-state index in [1.807, 2.05) is 0 Å². The van der Waals surface area contributed by atoms with E-state index in [0.717, 1.165) is 19.1 Å². The molecule has 0 amide bonds. The molecule has 1 aliphatic carbocycles. The SMILES string of the molecule is CCCNC(CCOC)C1CCCCC1. The van der Waals surface area contributed by atoms with Gasteiger partial charge >= 0.3 is 0 Å². The minimum absolute atomic E-state index is 0.699. The van der Waals surface area contributed by atoms with Gasteiger partial charge in [-0.1, -0.05) is 26.2 Å². The fourth-order valence-electron chi connectivity index (χ4n) is 2.62. The topological polar surface area (TPSA) is 21.3 Å². The van der Waals surface area contributed by atoms with Crippen LogP contribution in [0.2, 0.25) is 0 Å². The third-order valence-corrected chi connectivity index (χ3v) is 3.51. The van der Waals surface area contributed by atoms with Gasteiger partial charge in [0.05, 0.1) is 0 Å². The molecule has 15 heavy (non-hydrogen) atoms. The zero-order valence-corrected chi connectivity index (χ0v) is 10.4.